The zero-order valence-corrected chi connectivity index (χ0v) is 8.66. The van der Waals surface area contributed by atoms with Crippen molar-refractivity contribution in [2.24, 2.45) is 5.92 Å². The number of hydrogen-bond acceptors (Lipinski definition) is 3. The molecule has 2 fully saturated rings. The second kappa shape index (κ2) is 4.28. The van der Waals surface area contributed by atoms with Crippen LogP contribution in [0.2, 0.25) is 0 Å². The van der Waals surface area contributed by atoms with Gasteiger partial charge in [-0.1, -0.05) is 6.92 Å². The molecule has 0 spiro atoms. The van der Waals surface area contributed by atoms with E-state index in [1.165, 1.54) is 0 Å². The Labute approximate surface area is 84.6 Å². The Morgan fingerprint density at radius 2 is 2.50 bits per heavy atom. The Morgan fingerprint density at radius 1 is 1.64 bits per heavy atom. The molecule has 4 heteroatoms. The van der Waals surface area contributed by atoms with Crippen molar-refractivity contribution in [2.45, 2.75) is 25.9 Å². The lowest BCUT2D eigenvalue weighted by molar-refractivity contribution is -0.128. The summed E-state index contributed by atoms with van der Waals surface area (Å²) in [5, 5.41) is 3.22. The maximum Gasteiger partial charge on any atom is 0.237 e. The first-order valence-electron chi connectivity index (χ1n) is 5.42. The molecule has 2 atom stereocenters. The number of hydrogen-bond donors (Lipinski definition) is 1. The van der Waals surface area contributed by atoms with Gasteiger partial charge >= 0.3 is 0 Å². The summed E-state index contributed by atoms with van der Waals surface area (Å²) in [5.41, 5.74) is 0. The third-order valence-corrected chi connectivity index (χ3v) is 3.05. The largest absolute Gasteiger partial charge is 0.381 e. The van der Waals surface area contributed by atoms with Crippen molar-refractivity contribution in [3.05, 3.63) is 0 Å². The number of carbonyl (C=O) groups excluding carboxylic acids is 1. The lowest BCUT2D eigenvalue weighted by Crippen LogP contribution is -2.40. The van der Waals surface area contributed by atoms with Crippen LogP contribution in [0.1, 0.15) is 19.8 Å². The Kier molecular flexibility index (Phi) is 3.03. The first-order valence-corrected chi connectivity index (χ1v) is 5.42. The monoisotopic (exact) mass is 198 g/mol. The van der Waals surface area contributed by atoms with Crippen LogP contribution in [0.5, 0.6) is 0 Å². The molecule has 0 aliphatic carbocycles. The maximum absolute atomic E-state index is 11.6. The summed E-state index contributed by atoms with van der Waals surface area (Å²) in [6, 6.07) is 0. The number of nitrogens with one attached hydrogen (secondary N) is 1. The minimum absolute atomic E-state index is 0.240. The number of carbonyl (C=O) groups is 1. The SMILES string of the molecule is CCC1NCC(=O)N1CC1CCOC1. The Balaban J connectivity index is 1.90. The van der Waals surface area contributed by atoms with Gasteiger partial charge in [0.05, 0.1) is 19.3 Å². The molecule has 0 saturated carbocycles. The smallest absolute Gasteiger partial charge is 0.237 e. The van der Waals surface area contributed by atoms with Crippen molar-refractivity contribution in [1.29, 1.82) is 0 Å². The fourth-order valence-electron chi connectivity index (χ4n) is 2.19. The van der Waals surface area contributed by atoms with Crippen LogP contribution < -0.4 is 5.32 Å². The zero-order chi connectivity index (χ0) is 9.97. The molecule has 14 heavy (non-hydrogen) atoms. The third-order valence-electron chi connectivity index (χ3n) is 3.05. The third kappa shape index (κ3) is 1.91. The van der Waals surface area contributed by atoms with Crippen LogP contribution in [0.25, 0.3) is 0 Å². The van der Waals surface area contributed by atoms with Crippen LogP contribution in [0.4, 0.5) is 0 Å². The molecule has 2 aliphatic heterocycles. The van der Waals surface area contributed by atoms with Crippen LogP contribution in [0.15, 0.2) is 0 Å². The van der Waals surface area contributed by atoms with Gasteiger partial charge in [0.15, 0.2) is 0 Å². The first kappa shape index (κ1) is 9.93. The minimum atomic E-state index is 0.240. The van der Waals surface area contributed by atoms with Gasteiger partial charge in [-0.05, 0) is 12.8 Å². The van der Waals surface area contributed by atoms with Gasteiger partial charge in [0.1, 0.15) is 0 Å². The highest BCUT2D eigenvalue weighted by atomic mass is 16.5. The number of ether oxygens (including phenoxy) is 1. The van der Waals surface area contributed by atoms with Crippen molar-refractivity contribution in [3.8, 4) is 0 Å². The van der Waals surface area contributed by atoms with Crippen molar-refractivity contribution >= 4 is 5.91 Å². The van der Waals surface area contributed by atoms with Gasteiger partial charge in [-0.3, -0.25) is 10.1 Å². The highest BCUT2D eigenvalue weighted by Crippen LogP contribution is 2.17. The molecule has 1 N–H and O–H groups in total. The summed E-state index contributed by atoms with van der Waals surface area (Å²) in [5.74, 6) is 0.789. The van der Waals surface area contributed by atoms with E-state index in [0.29, 0.717) is 12.5 Å². The van der Waals surface area contributed by atoms with Crippen LogP contribution >= 0.6 is 0 Å². The van der Waals surface area contributed by atoms with Crippen molar-refractivity contribution < 1.29 is 9.53 Å². The summed E-state index contributed by atoms with van der Waals surface area (Å²) in [7, 11) is 0. The lowest BCUT2D eigenvalue weighted by Gasteiger charge is -2.25. The number of rotatable bonds is 3. The van der Waals surface area contributed by atoms with E-state index in [2.05, 4.69) is 12.2 Å². The first-order chi connectivity index (χ1) is 6.81. The van der Waals surface area contributed by atoms with Crippen LogP contribution in [-0.2, 0) is 9.53 Å². The van der Waals surface area contributed by atoms with Gasteiger partial charge in [0.2, 0.25) is 5.91 Å². The average Bonchev–Trinajstić information content (AvgIpc) is 2.79. The molecule has 0 aromatic carbocycles. The van der Waals surface area contributed by atoms with E-state index in [4.69, 9.17) is 4.74 Å². The predicted octanol–water partition coefficient (Wildman–Crippen LogP) is 0.191. The van der Waals surface area contributed by atoms with E-state index in [-0.39, 0.29) is 12.1 Å². The summed E-state index contributed by atoms with van der Waals surface area (Å²) in [4.78, 5) is 13.5. The van der Waals surface area contributed by atoms with E-state index in [1.54, 1.807) is 0 Å². The van der Waals surface area contributed by atoms with E-state index in [0.717, 1.165) is 32.6 Å². The molecule has 0 aromatic heterocycles. The molecule has 0 bridgehead atoms. The highest BCUT2D eigenvalue weighted by molar-refractivity contribution is 5.80. The predicted molar refractivity (Wildman–Crippen MR) is 52.7 cm³/mol. The van der Waals surface area contributed by atoms with Gasteiger partial charge in [0, 0.05) is 19.1 Å². The van der Waals surface area contributed by atoms with E-state index >= 15 is 0 Å². The standard InChI is InChI=1S/C10H18N2O2/c1-2-9-11-5-10(13)12(9)6-8-3-4-14-7-8/h8-9,11H,2-7H2,1H3. The minimum Gasteiger partial charge on any atom is -0.381 e. The molecule has 1 amide bonds. The molecule has 80 valence electrons. The molecule has 2 aliphatic rings. The maximum atomic E-state index is 11.6. The van der Waals surface area contributed by atoms with Crippen LogP contribution in [-0.4, -0.2) is 43.3 Å². The average molecular weight is 198 g/mol. The molecular formula is C10H18N2O2. The van der Waals surface area contributed by atoms with Gasteiger partial charge < -0.3 is 9.64 Å². The van der Waals surface area contributed by atoms with Crippen LogP contribution in [0, 0.1) is 5.92 Å². The Hall–Kier alpha value is -0.610. The van der Waals surface area contributed by atoms with Crippen molar-refractivity contribution in [3.63, 3.8) is 0 Å². The van der Waals surface area contributed by atoms with Gasteiger partial charge in [-0.2, -0.15) is 0 Å². The van der Waals surface area contributed by atoms with E-state index in [1.807, 2.05) is 4.90 Å². The molecular weight excluding hydrogens is 180 g/mol. The fourth-order valence-corrected chi connectivity index (χ4v) is 2.19. The molecule has 0 radical (unpaired) electrons. The fraction of sp³-hybridized carbons (Fsp3) is 0.900. The molecule has 4 nitrogen and oxygen atoms in total. The zero-order valence-electron chi connectivity index (χ0n) is 8.66. The summed E-state index contributed by atoms with van der Waals surface area (Å²) >= 11 is 0. The lowest BCUT2D eigenvalue weighted by atomic mass is 10.1. The van der Waals surface area contributed by atoms with Crippen LogP contribution in [0.3, 0.4) is 0 Å². The van der Waals surface area contributed by atoms with E-state index in [9.17, 15) is 4.79 Å². The van der Waals surface area contributed by atoms with Crippen molar-refractivity contribution in [1.82, 2.24) is 10.2 Å². The second-order valence-corrected chi connectivity index (χ2v) is 4.08. The number of amides is 1. The van der Waals surface area contributed by atoms with Crippen molar-refractivity contribution in [2.75, 3.05) is 26.3 Å². The molecule has 2 rings (SSSR count). The Morgan fingerprint density at radius 3 is 3.14 bits per heavy atom. The number of nitrogens with zero attached hydrogens (tertiary/aromatic N) is 1. The summed E-state index contributed by atoms with van der Waals surface area (Å²) in [6.07, 6.45) is 2.34. The summed E-state index contributed by atoms with van der Waals surface area (Å²) < 4.78 is 5.31. The second-order valence-electron chi connectivity index (χ2n) is 4.08. The summed E-state index contributed by atoms with van der Waals surface area (Å²) in [6.45, 7) is 5.15. The topological polar surface area (TPSA) is 41.6 Å². The van der Waals surface area contributed by atoms with Gasteiger partial charge in [-0.15, -0.1) is 0 Å². The molecule has 2 unspecified atom stereocenters. The normalized spacial score (nSPS) is 32.9. The molecule has 0 aromatic rings. The van der Waals surface area contributed by atoms with E-state index < -0.39 is 0 Å². The molecule has 2 saturated heterocycles. The Bertz CT molecular complexity index is 214. The van der Waals surface area contributed by atoms with Gasteiger partial charge in [0.25, 0.3) is 0 Å². The quantitative estimate of drug-likeness (QED) is 0.704. The molecule has 2 heterocycles. The van der Waals surface area contributed by atoms with Gasteiger partial charge in [-0.25, -0.2) is 0 Å². The highest BCUT2D eigenvalue weighted by Gasteiger charge is 2.31.